The molecule has 1 heterocycles. The number of benzene rings is 2. The Morgan fingerprint density at radius 2 is 2.00 bits per heavy atom. The zero-order chi connectivity index (χ0) is 25.5. The van der Waals surface area contributed by atoms with Gasteiger partial charge in [0.05, 0.1) is 34.5 Å². The van der Waals surface area contributed by atoms with Gasteiger partial charge in [0.15, 0.2) is 6.61 Å². The fraction of sp³-hybridized carbons (Fsp3) is 0.269. The van der Waals surface area contributed by atoms with Gasteiger partial charge >= 0.3 is 0 Å². The molecule has 0 saturated heterocycles. The molecule has 10 heteroatoms. The number of carbonyl (C=O) groups excluding carboxylic acids is 2. The van der Waals surface area contributed by atoms with Crippen LogP contribution in [-0.4, -0.2) is 36.0 Å². The highest BCUT2D eigenvalue weighted by molar-refractivity contribution is 7.15. The highest BCUT2D eigenvalue weighted by Crippen LogP contribution is 2.39. The van der Waals surface area contributed by atoms with Crippen molar-refractivity contribution in [1.29, 1.82) is 10.5 Å². The lowest BCUT2D eigenvalue weighted by atomic mass is 9.97. The largest absolute Gasteiger partial charge is 0.483 e. The quantitative estimate of drug-likeness (QED) is 0.381. The molecule has 1 aromatic heterocycles. The first kappa shape index (κ1) is 24.9. The molecule has 0 fully saturated rings. The number of ether oxygens (including phenoxy) is 1. The molecule has 1 atom stereocenters. The topological polar surface area (TPSA) is 154 Å². The number of hydrogen-bond acceptors (Lipinski definition) is 8. The Kier molecular flexibility index (Phi) is 7.91. The molecule has 4 N–H and O–H groups in total. The summed E-state index contributed by atoms with van der Waals surface area (Å²) in [5, 5.41) is 24.4. The molecule has 0 spiro atoms. The monoisotopic (exact) mass is 500 g/mol. The number of nitriles is 2. The van der Waals surface area contributed by atoms with Gasteiger partial charge in [0, 0.05) is 29.6 Å². The van der Waals surface area contributed by atoms with Gasteiger partial charge in [-0.15, -0.1) is 11.3 Å². The predicted molar refractivity (Wildman–Crippen MR) is 135 cm³/mol. The van der Waals surface area contributed by atoms with Gasteiger partial charge in [0.2, 0.25) is 5.91 Å². The molecule has 182 valence electrons. The molecule has 0 aliphatic heterocycles. The number of carbonyl (C=O) groups is 2. The smallest absolute Gasteiger partial charge is 0.262 e. The third-order valence-corrected chi connectivity index (χ3v) is 6.91. The minimum atomic E-state index is -0.610. The van der Waals surface area contributed by atoms with Crippen LogP contribution in [0.25, 0.3) is 10.6 Å². The predicted octanol–water partition coefficient (Wildman–Crippen LogP) is 3.16. The fourth-order valence-corrected chi connectivity index (χ4v) is 5.29. The summed E-state index contributed by atoms with van der Waals surface area (Å²) in [4.78, 5) is 30.6. The van der Waals surface area contributed by atoms with Crippen LogP contribution in [0.15, 0.2) is 42.5 Å². The van der Waals surface area contributed by atoms with Crippen LogP contribution < -0.4 is 21.1 Å². The van der Waals surface area contributed by atoms with E-state index in [-0.39, 0.29) is 24.1 Å². The average Bonchev–Trinajstić information content (AvgIpc) is 3.31. The minimum Gasteiger partial charge on any atom is -0.483 e. The molecule has 0 bridgehead atoms. The molecule has 3 aromatic rings. The van der Waals surface area contributed by atoms with Crippen molar-refractivity contribution in [2.45, 2.75) is 31.7 Å². The maximum atomic E-state index is 12.5. The Hall–Kier alpha value is -4.25. The van der Waals surface area contributed by atoms with E-state index in [4.69, 9.17) is 26.0 Å². The molecule has 1 aliphatic carbocycles. The van der Waals surface area contributed by atoms with E-state index in [1.165, 1.54) is 11.3 Å². The fourth-order valence-electron chi connectivity index (χ4n) is 4.03. The summed E-state index contributed by atoms with van der Waals surface area (Å²) in [7, 11) is 0. The van der Waals surface area contributed by atoms with Gasteiger partial charge in [-0.05, 0) is 55.7 Å². The van der Waals surface area contributed by atoms with Crippen LogP contribution in [0.5, 0.6) is 5.75 Å². The van der Waals surface area contributed by atoms with Gasteiger partial charge in [-0.25, -0.2) is 4.98 Å². The SMILES string of the molecule is N#CCCN[C@H]1CCc2nc(-c3c(OCC(=O)Nc4ccc(C#N)cc4)cccc3C(N)=O)sc2C1. The van der Waals surface area contributed by atoms with Gasteiger partial charge in [0.1, 0.15) is 10.8 Å². The number of hydrogen-bond donors (Lipinski definition) is 3. The molecule has 1 aliphatic rings. The minimum absolute atomic E-state index is 0.271. The van der Waals surface area contributed by atoms with E-state index in [1.54, 1.807) is 42.5 Å². The standard InChI is InChI=1S/C26H24N6O3S/c27-11-2-12-30-18-9-10-20-22(13-18)36-26(32-20)24-19(25(29)34)3-1-4-21(24)35-15-23(33)31-17-7-5-16(14-28)6-8-17/h1,3-8,18,30H,2,9-10,12-13,15H2,(H2,29,34)(H,31,33)/t18-/m0/s1. The number of fused-ring (bicyclic) bond motifs is 1. The molecule has 0 radical (unpaired) electrons. The molecule has 0 unspecified atom stereocenters. The van der Waals surface area contributed by atoms with E-state index in [9.17, 15) is 9.59 Å². The highest BCUT2D eigenvalue weighted by Gasteiger charge is 2.26. The van der Waals surface area contributed by atoms with E-state index >= 15 is 0 Å². The number of aryl methyl sites for hydroxylation is 1. The highest BCUT2D eigenvalue weighted by atomic mass is 32.1. The van der Waals surface area contributed by atoms with E-state index in [0.29, 0.717) is 40.5 Å². The van der Waals surface area contributed by atoms with E-state index in [0.717, 1.165) is 29.8 Å². The second kappa shape index (κ2) is 11.5. The number of amides is 2. The van der Waals surface area contributed by atoms with Crippen molar-refractivity contribution in [3.8, 4) is 28.5 Å². The molecular weight excluding hydrogens is 476 g/mol. The van der Waals surface area contributed by atoms with Gasteiger partial charge < -0.3 is 21.1 Å². The van der Waals surface area contributed by atoms with Crippen LogP contribution in [0.3, 0.4) is 0 Å². The molecule has 9 nitrogen and oxygen atoms in total. The summed E-state index contributed by atoms with van der Waals surface area (Å²) >= 11 is 1.49. The Morgan fingerprint density at radius 1 is 1.19 bits per heavy atom. The second-order valence-corrected chi connectivity index (χ2v) is 9.34. The van der Waals surface area contributed by atoms with Gasteiger partial charge in [-0.1, -0.05) is 6.07 Å². The summed E-state index contributed by atoms with van der Waals surface area (Å²) in [6.45, 7) is 0.361. The second-order valence-electron chi connectivity index (χ2n) is 8.26. The third kappa shape index (κ3) is 5.87. The van der Waals surface area contributed by atoms with Crippen LogP contribution in [-0.2, 0) is 17.6 Å². The van der Waals surface area contributed by atoms with Crippen LogP contribution in [0.1, 0.15) is 39.3 Å². The lowest BCUT2D eigenvalue weighted by molar-refractivity contribution is -0.118. The number of nitrogens with zero attached hydrogens (tertiary/aromatic N) is 3. The average molecular weight is 501 g/mol. The number of rotatable bonds is 9. The Balaban J connectivity index is 1.52. The van der Waals surface area contributed by atoms with Crippen LogP contribution in [0.2, 0.25) is 0 Å². The van der Waals surface area contributed by atoms with Crippen molar-refractivity contribution in [3.05, 3.63) is 64.2 Å². The zero-order valence-electron chi connectivity index (χ0n) is 19.4. The van der Waals surface area contributed by atoms with Gasteiger partial charge in [0.25, 0.3) is 5.91 Å². The van der Waals surface area contributed by atoms with Crippen LogP contribution >= 0.6 is 11.3 Å². The van der Waals surface area contributed by atoms with E-state index in [2.05, 4.69) is 16.7 Å². The summed E-state index contributed by atoms with van der Waals surface area (Å²) in [6, 6.07) is 15.9. The van der Waals surface area contributed by atoms with Gasteiger partial charge in [-0.3, -0.25) is 9.59 Å². The first-order valence-electron chi connectivity index (χ1n) is 11.4. The molecular formula is C26H24N6O3S. The lowest BCUT2D eigenvalue weighted by Crippen LogP contribution is -2.34. The summed E-state index contributed by atoms with van der Waals surface area (Å²) in [5.41, 5.74) is 8.43. The molecule has 4 rings (SSSR count). The number of nitrogens with one attached hydrogen (secondary N) is 2. The zero-order valence-corrected chi connectivity index (χ0v) is 20.2. The number of nitrogens with two attached hydrogens (primary N) is 1. The summed E-state index contributed by atoms with van der Waals surface area (Å²) < 4.78 is 5.83. The van der Waals surface area contributed by atoms with Gasteiger partial charge in [-0.2, -0.15) is 10.5 Å². The maximum absolute atomic E-state index is 12.5. The molecule has 36 heavy (non-hydrogen) atoms. The number of thiazole rings is 1. The Bertz CT molecular complexity index is 1350. The first-order valence-corrected chi connectivity index (χ1v) is 12.2. The van der Waals surface area contributed by atoms with Crippen molar-refractivity contribution < 1.29 is 14.3 Å². The molecule has 2 amide bonds. The molecule has 2 aromatic carbocycles. The Morgan fingerprint density at radius 3 is 2.72 bits per heavy atom. The number of anilines is 1. The lowest BCUT2D eigenvalue weighted by Gasteiger charge is -2.21. The summed E-state index contributed by atoms with van der Waals surface area (Å²) in [6.07, 6.45) is 2.96. The number of aromatic nitrogens is 1. The first-order chi connectivity index (χ1) is 17.5. The Labute approximate surface area is 212 Å². The van der Waals surface area contributed by atoms with Crippen molar-refractivity contribution in [3.63, 3.8) is 0 Å². The summed E-state index contributed by atoms with van der Waals surface area (Å²) in [5.74, 6) is -0.655. The van der Waals surface area contributed by atoms with Crippen molar-refractivity contribution in [2.75, 3.05) is 18.5 Å². The van der Waals surface area contributed by atoms with Crippen LogP contribution in [0.4, 0.5) is 5.69 Å². The normalized spacial score (nSPS) is 14.2. The molecule has 0 saturated carbocycles. The van der Waals surface area contributed by atoms with Crippen LogP contribution in [0, 0.1) is 22.7 Å². The van der Waals surface area contributed by atoms with Crippen molar-refractivity contribution in [2.24, 2.45) is 5.73 Å². The number of primary amides is 1. The van der Waals surface area contributed by atoms with E-state index < -0.39 is 5.91 Å². The third-order valence-electron chi connectivity index (χ3n) is 5.77. The maximum Gasteiger partial charge on any atom is 0.262 e. The van der Waals surface area contributed by atoms with Crippen molar-refractivity contribution in [1.82, 2.24) is 10.3 Å². The van der Waals surface area contributed by atoms with E-state index in [1.807, 2.05) is 6.07 Å². The van der Waals surface area contributed by atoms with Crippen molar-refractivity contribution >= 4 is 28.8 Å².